The van der Waals surface area contributed by atoms with Gasteiger partial charge in [0.15, 0.2) is 17.0 Å². The minimum absolute atomic E-state index is 0.0735. The molecule has 0 saturated heterocycles. The minimum atomic E-state index is -1.99. The molecule has 35 heavy (non-hydrogen) atoms. The molecule has 1 atom stereocenters. The highest BCUT2D eigenvalue weighted by molar-refractivity contribution is 6.25. The van der Waals surface area contributed by atoms with Crippen molar-refractivity contribution >= 4 is 39.4 Å². The Balaban J connectivity index is 1.63. The van der Waals surface area contributed by atoms with Crippen LogP contribution >= 0.6 is 0 Å². The quantitative estimate of drug-likeness (QED) is 0.255. The molecule has 0 saturated carbocycles. The van der Waals surface area contributed by atoms with E-state index in [-0.39, 0.29) is 18.7 Å². The van der Waals surface area contributed by atoms with E-state index in [1.165, 1.54) is 12.7 Å². The van der Waals surface area contributed by atoms with E-state index in [9.17, 15) is 14.4 Å². The summed E-state index contributed by atoms with van der Waals surface area (Å²) < 4.78 is 0. The highest BCUT2D eigenvalue weighted by Crippen LogP contribution is 2.31. The number of ketones is 2. The number of rotatable bonds is 8. The third-order valence-electron chi connectivity index (χ3n) is 6.36. The van der Waals surface area contributed by atoms with Gasteiger partial charge in [-0.1, -0.05) is 78.9 Å². The predicted molar refractivity (Wildman–Crippen MR) is 133 cm³/mol. The molecule has 0 bridgehead atoms. The number of hydrogen-bond acceptors (Lipinski definition) is 6. The molecule has 0 amide bonds. The summed E-state index contributed by atoms with van der Waals surface area (Å²) in [6.07, 6.45) is 2.71. The molecule has 5 aromatic rings. The average Bonchev–Trinajstić information content (AvgIpc) is 2.90. The zero-order chi connectivity index (χ0) is 24.3. The standard InChI is InChI=1S/C29H21N3O3/c33-17-29(27(35)16-28-31-18-30-19-32-28,24-13-12-20-6-1-2-8-22(20)14-24)26(34)15-23-10-5-9-21-7-3-4-11-25(21)23/h1-14,17-19H,15-16H2. The fourth-order valence-corrected chi connectivity index (χ4v) is 4.51. The SMILES string of the molecule is O=CC(C(=O)Cc1ncncn1)(C(=O)Cc1cccc2ccccc12)c1ccc2ccccc2c1. The van der Waals surface area contributed by atoms with Gasteiger partial charge in [-0.25, -0.2) is 15.0 Å². The second-order valence-corrected chi connectivity index (χ2v) is 8.38. The number of Topliss-reactive ketones (excluding diaryl/α,β-unsaturated/α-hetero) is 2. The fourth-order valence-electron chi connectivity index (χ4n) is 4.51. The Kier molecular flexibility index (Phi) is 5.94. The van der Waals surface area contributed by atoms with Crippen LogP contribution in [0.25, 0.3) is 21.5 Å². The first kappa shape index (κ1) is 22.2. The molecule has 0 N–H and O–H groups in total. The van der Waals surface area contributed by atoms with Gasteiger partial charge in [-0.2, -0.15) is 0 Å². The van der Waals surface area contributed by atoms with E-state index in [1.807, 2.05) is 72.8 Å². The van der Waals surface area contributed by atoms with Crippen molar-refractivity contribution in [2.45, 2.75) is 18.3 Å². The van der Waals surface area contributed by atoms with Gasteiger partial charge in [-0.15, -0.1) is 0 Å². The van der Waals surface area contributed by atoms with Crippen LogP contribution in [-0.2, 0) is 32.6 Å². The van der Waals surface area contributed by atoms with Gasteiger partial charge in [0.2, 0.25) is 0 Å². The number of carbonyl (C=O) groups is 3. The van der Waals surface area contributed by atoms with E-state index in [0.29, 0.717) is 11.8 Å². The summed E-state index contributed by atoms with van der Waals surface area (Å²) in [6.45, 7) is 0. The lowest BCUT2D eigenvalue weighted by molar-refractivity contribution is -0.138. The lowest BCUT2D eigenvalue weighted by atomic mass is 9.71. The molecule has 1 aromatic heterocycles. The van der Waals surface area contributed by atoms with Gasteiger partial charge in [0.25, 0.3) is 0 Å². The Morgan fingerprint density at radius 3 is 2.14 bits per heavy atom. The van der Waals surface area contributed by atoms with Gasteiger partial charge in [0.1, 0.15) is 24.8 Å². The number of aromatic nitrogens is 3. The van der Waals surface area contributed by atoms with Crippen molar-refractivity contribution < 1.29 is 14.4 Å². The molecule has 0 aliphatic heterocycles. The Hall–Kier alpha value is -4.58. The summed E-state index contributed by atoms with van der Waals surface area (Å²) in [6, 6.07) is 26.3. The van der Waals surface area contributed by atoms with E-state index in [1.54, 1.807) is 12.1 Å². The Morgan fingerprint density at radius 2 is 1.37 bits per heavy atom. The first-order valence-electron chi connectivity index (χ1n) is 11.2. The summed E-state index contributed by atoms with van der Waals surface area (Å²) in [5, 5.41) is 3.67. The molecule has 4 aromatic carbocycles. The second-order valence-electron chi connectivity index (χ2n) is 8.38. The molecule has 0 radical (unpaired) electrons. The number of fused-ring (bicyclic) bond motifs is 2. The summed E-state index contributed by atoms with van der Waals surface area (Å²) in [5.41, 5.74) is -0.892. The van der Waals surface area contributed by atoms with Crippen molar-refractivity contribution in [3.8, 4) is 0 Å². The molecule has 1 unspecified atom stereocenters. The van der Waals surface area contributed by atoms with Crippen LogP contribution in [0.2, 0.25) is 0 Å². The zero-order valence-electron chi connectivity index (χ0n) is 18.8. The monoisotopic (exact) mass is 459 g/mol. The molecule has 1 heterocycles. The van der Waals surface area contributed by atoms with E-state index >= 15 is 0 Å². The van der Waals surface area contributed by atoms with Crippen molar-refractivity contribution in [1.29, 1.82) is 0 Å². The molecule has 6 nitrogen and oxygen atoms in total. The van der Waals surface area contributed by atoms with Crippen LogP contribution in [0.4, 0.5) is 0 Å². The molecule has 6 heteroatoms. The van der Waals surface area contributed by atoms with Crippen molar-refractivity contribution in [2.75, 3.05) is 0 Å². The molecular weight excluding hydrogens is 438 g/mol. The maximum atomic E-state index is 14.0. The predicted octanol–water partition coefficient (Wildman–Crippen LogP) is 4.24. The molecule has 0 aliphatic carbocycles. The third-order valence-corrected chi connectivity index (χ3v) is 6.36. The van der Waals surface area contributed by atoms with Crippen molar-refractivity contribution in [3.63, 3.8) is 0 Å². The van der Waals surface area contributed by atoms with Crippen molar-refractivity contribution in [2.24, 2.45) is 0 Å². The molecule has 170 valence electrons. The van der Waals surface area contributed by atoms with E-state index < -0.39 is 17.0 Å². The summed E-state index contributed by atoms with van der Waals surface area (Å²) in [4.78, 5) is 52.3. The van der Waals surface area contributed by atoms with Gasteiger partial charge < -0.3 is 4.79 Å². The second kappa shape index (κ2) is 9.35. The van der Waals surface area contributed by atoms with E-state index in [4.69, 9.17) is 0 Å². The third kappa shape index (κ3) is 4.10. The fraction of sp³-hybridized carbons (Fsp3) is 0.103. The van der Waals surface area contributed by atoms with E-state index in [0.717, 1.165) is 27.1 Å². The van der Waals surface area contributed by atoms with Crippen LogP contribution in [0, 0.1) is 0 Å². The van der Waals surface area contributed by atoms with Gasteiger partial charge in [-0.05, 0) is 38.7 Å². The highest BCUT2D eigenvalue weighted by atomic mass is 16.2. The van der Waals surface area contributed by atoms with Crippen molar-refractivity contribution in [3.05, 3.63) is 115 Å². The molecule has 0 fully saturated rings. The van der Waals surface area contributed by atoms with Crippen LogP contribution in [0.15, 0.2) is 97.6 Å². The average molecular weight is 460 g/mol. The largest absolute Gasteiger partial charge is 0.301 e. The lowest BCUT2D eigenvalue weighted by Crippen LogP contribution is -2.47. The molecule has 5 rings (SSSR count). The van der Waals surface area contributed by atoms with Crippen LogP contribution < -0.4 is 0 Å². The van der Waals surface area contributed by atoms with Gasteiger partial charge in [0.05, 0.1) is 6.42 Å². The van der Waals surface area contributed by atoms with Gasteiger partial charge in [-0.3, -0.25) is 9.59 Å². The maximum Gasteiger partial charge on any atom is 0.168 e. The van der Waals surface area contributed by atoms with Crippen molar-refractivity contribution in [1.82, 2.24) is 15.0 Å². The van der Waals surface area contributed by atoms with Gasteiger partial charge >= 0.3 is 0 Å². The molecular formula is C29H21N3O3. The highest BCUT2D eigenvalue weighted by Gasteiger charge is 2.47. The molecule has 0 spiro atoms. The Labute approximate surface area is 201 Å². The van der Waals surface area contributed by atoms with Gasteiger partial charge in [0, 0.05) is 6.42 Å². The zero-order valence-corrected chi connectivity index (χ0v) is 18.8. The van der Waals surface area contributed by atoms with Crippen LogP contribution in [0.5, 0.6) is 0 Å². The summed E-state index contributed by atoms with van der Waals surface area (Å²) in [7, 11) is 0. The number of hydrogen-bond donors (Lipinski definition) is 0. The lowest BCUT2D eigenvalue weighted by Gasteiger charge is -2.26. The summed E-state index contributed by atoms with van der Waals surface area (Å²) >= 11 is 0. The normalized spacial score (nSPS) is 12.8. The van der Waals surface area contributed by atoms with Crippen LogP contribution in [0.3, 0.4) is 0 Å². The number of aldehydes is 1. The Bertz CT molecular complexity index is 1560. The number of nitrogens with zero attached hydrogens (tertiary/aromatic N) is 3. The number of carbonyl (C=O) groups excluding carboxylic acids is 3. The topological polar surface area (TPSA) is 89.9 Å². The van der Waals surface area contributed by atoms with Crippen LogP contribution in [-0.4, -0.2) is 32.8 Å². The Morgan fingerprint density at radius 1 is 0.714 bits per heavy atom. The first-order valence-corrected chi connectivity index (χ1v) is 11.2. The minimum Gasteiger partial charge on any atom is -0.301 e. The molecule has 0 aliphatic rings. The first-order chi connectivity index (χ1) is 17.1. The smallest absolute Gasteiger partial charge is 0.168 e. The number of benzene rings is 4. The summed E-state index contributed by atoms with van der Waals surface area (Å²) in [5.74, 6) is -0.854. The van der Waals surface area contributed by atoms with Crippen LogP contribution in [0.1, 0.15) is 17.0 Å². The van der Waals surface area contributed by atoms with E-state index in [2.05, 4.69) is 15.0 Å². The maximum absolute atomic E-state index is 14.0.